The van der Waals surface area contributed by atoms with E-state index in [0.29, 0.717) is 0 Å². The summed E-state index contributed by atoms with van der Waals surface area (Å²) in [4.78, 5) is 7.70. The predicted molar refractivity (Wildman–Crippen MR) is 215 cm³/mol. The van der Waals surface area contributed by atoms with Gasteiger partial charge in [0, 0.05) is 48.1 Å². The van der Waals surface area contributed by atoms with Crippen molar-refractivity contribution in [3.8, 4) is 22.4 Å². The van der Waals surface area contributed by atoms with E-state index >= 15 is 0 Å². The molecule has 0 saturated heterocycles. The molecule has 0 radical (unpaired) electrons. The number of hydrogen-bond donors (Lipinski definition) is 0. The van der Waals surface area contributed by atoms with Gasteiger partial charge in [0.15, 0.2) is 0 Å². The second-order valence-corrected chi connectivity index (χ2v) is 13.9. The summed E-state index contributed by atoms with van der Waals surface area (Å²) in [5, 5.41) is 8.60. The molecule has 3 heteroatoms. The molecule has 0 amide bonds. The molecule has 0 spiro atoms. The molecule has 0 aliphatic rings. The van der Waals surface area contributed by atoms with Gasteiger partial charge in [-0.1, -0.05) is 121 Å². The molecule has 10 aromatic rings. The fourth-order valence-electron chi connectivity index (χ4n) is 7.37. The first-order chi connectivity index (χ1) is 24.8. The first-order valence-electron chi connectivity index (χ1n) is 17.0. The maximum absolute atomic E-state index is 5.28. The average Bonchev–Trinajstić information content (AvgIpc) is 3.57. The molecule has 2 aromatic heterocycles. The van der Waals surface area contributed by atoms with E-state index in [1.807, 2.05) is 11.3 Å². The van der Waals surface area contributed by atoms with Crippen LogP contribution in [0.5, 0.6) is 0 Å². The number of benzene rings is 8. The normalized spacial score (nSPS) is 11.6. The first-order valence-corrected chi connectivity index (χ1v) is 17.8. The number of para-hydroxylation sites is 1. The first kappa shape index (κ1) is 28.7. The van der Waals surface area contributed by atoms with Crippen LogP contribution < -0.4 is 4.90 Å². The van der Waals surface area contributed by atoms with Gasteiger partial charge in [-0.15, -0.1) is 11.3 Å². The smallest absolute Gasteiger partial charge is 0.0788 e. The number of hydrogen-bond acceptors (Lipinski definition) is 3. The van der Waals surface area contributed by atoms with Gasteiger partial charge in [-0.2, -0.15) is 0 Å². The monoisotopic (exact) mass is 654 g/mol. The van der Waals surface area contributed by atoms with E-state index in [9.17, 15) is 0 Å². The van der Waals surface area contributed by atoms with Crippen molar-refractivity contribution < 1.29 is 0 Å². The topological polar surface area (TPSA) is 16.1 Å². The van der Waals surface area contributed by atoms with Crippen molar-refractivity contribution in [3.05, 3.63) is 182 Å². The van der Waals surface area contributed by atoms with Gasteiger partial charge < -0.3 is 4.90 Å². The summed E-state index contributed by atoms with van der Waals surface area (Å²) in [6, 6.07) is 65.7. The Labute approximate surface area is 294 Å². The van der Waals surface area contributed by atoms with Gasteiger partial charge >= 0.3 is 0 Å². The predicted octanol–water partition coefficient (Wildman–Crippen LogP) is 13.7. The Balaban J connectivity index is 1.16. The van der Waals surface area contributed by atoms with E-state index in [1.165, 1.54) is 47.4 Å². The summed E-state index contributed by atoms with van der Waals surface area (Å²) >= 11 is 1.85. The molecule has 0 aliphatic carbocycles. The Morgan fingerprint density at radius 1 is 0.420 bits per heavy atom. The summed E-state index contributed by atoms with van der Waals surface area (Å²) < 4.78 is 2.58. The van der Waals surface area contributed by atoms with Crippen LogP contribution in [0.2, 0.25) is 0 Å². The molecule has 0 aliphatic heterocycles. The molecular formula is C47H30N2S. The standard InChI is InChI=1S/C47H30N2S/c1-3-12-34-28-36(21-20-31(34)10-1)41-30-37-14-5-7-16-42(37)48-47(41)33-23-25-38(26-24-33)49(39-27-22-32-11-2-4-13-35(32)29-39)43-17-9-19-45-46(43)40-15-6-8-18-44(40)50-45/h1-30H. The highest BCUT2D eigenvalue weighted by atomic mass is 32.1. The van der Waals surface area contributed by atoms with Gasteiger partial charge in [0.25, 0.3) is 0 Å². The van der Waals surface area contributed by atoms with E-state index in [0.717, 1.165) is 44.7 Å². The van der Waals surface area contributed by atoms with Crippen molar-refractivity contribution >= 4 is 81.0 Å². The second-order valence-electron chi connectivity index (χ2n) is 12.8. The third-order valence-electron chi connectivity index (χ3n) is 9.80. The van der Waals surface area contributed by atoms with Gasteiger partial charge in [0.2, 0.25) is 0 Å². The van der Waals surface area contributed by atoms with E-state index in [4.69, 9.17) is 4.98 Å². The summed E-state index contributed by atoms with van der Waals surface area (Å²) in [5.41, 5.74) is 8.74. The molecule has 0 saturated carbocycles. The largest absolute Gasteiger partial charge is 0.310 e. The van der Waals surface area contributed by atoms with Gasteiger partial charge in [-0.25, -0.2) is 4.98 Å². The Bertz CT molecular complexity index is 2890. The van der Waals surface area contributed by atoms with Crippen LogP contribution in [0.1, 0.15) is 0 Å². The molecule has 0 atom stereocenters. The Morgan fingerprint density at radius 3 is 1.86 bits per heavy atom. The van der Waals surface area contributed by atoms with Crippen molar-refractivity contribution in [1.82, 2.24) is 4.98 Å². The van der Waals surface area contributed by atoms with Crippen LogP contribution in [0.25, 0.3) is 75.0 Å². The minimum absolute atomic E-state index is 0.980. The minimum atomic E-state index is 0.980. The molecule has 10 rings (SSSR count). The zero-order valence-corrected chi connectivity index (χ0v) is 27.9. The third-order valence-corrected chi connectivity index (χ3v) is 10.9. The molecule has 0 fully saturated rings. The quantitative estimate of drug-likeness (QED) is 0.184. The number of pyridine rings is 1. The summed E-state index contributed by atoms with van der Waals surface area (Å²) in [5.74, 6) is 0. The highest BCUT2D eigenvalue weighted by Gasteiger charge is 2.20. The lowest BCUT2D eigenvalue weighted by molar-refractivity contribution is 1.30. The minimum Gasteiger partial charge on any atom is -0.310 e. The Hall–Kier alpha value is -6.29. The lowest BCUT2D eigenvalue weighted by Crippen LogP contribution is -2.10. The highest BCUT2D eigenvalue weighted by molar-refractivity contribution is 7.26. The van der Waals surface area contributed by atoms with Crippen molar-refractivity contribution in [2.45, 2.75) is 0 Å². The maximum Gasteiger partial charge on any atom is 0.0788 e. The molecule has 0 bridgehead atoms. The highest BCUT2D eigenvalue weighted by Crippen LogP contribution is 2.46. The number of thiophene rings is 1. The summed E-state index contributed by atoms with van der Waals surface area (Å²) in [6.45, 7) is 0. The van der Waals surface area contributed by atoms with Crippen LogP contribution in [0.15, 0.2) is 182 Å². The van der Waals surface area contributed by atoms with Crippen LogP contribution in [-0.2, 0) is 0 Å². The maximum atomic E-state index is 5.28. The molecule has 8 aromatic carbocycles. The summed E-state index contributed by atoms with van der Waals surface area (Å²) in [7, 11) is 0. The van der Waals surface area contributed by atoms with Crippen molar-refractivity contribution in [3.63, 3.8) is 0 Å². The Morgan fingerprint density at radius 2 is 1.04 bits per heavy atom. The molecule has 2 heterocycles. The van der Waals surface area contributed by atoms with Crippen LogP contribution in [-0.4, -0.2) is 4.98 Å². The fourth-order valence-corrected chi connectivity index (χ4v) is 8.49. The second kappa shape index (κ2) is 11.7. The van der Waals surface area contributed by atoms with Gasteiger partial charge in [0.05, 0.1) is 16.9 Å². The van der Waals surface area contributed by atoms with Crippen LogP contribution in [0.3, 0.4) is 0 Å². The van der Waals surface area contributed by atoms with Crippen LogP contribution in [0, 0.1) is 0 Å². The average molecular weight is 655 g/mol. The van der Waals surface area contributed by atoms with Crippen molar-refractivity contribution in [1.29, 1.82) is 0 Å². The Kier molecular flexibility index (Phi) is 6.71. The fraction of sp³-hybridized carbons (Fsp3) is 0. The number of nitrogens with zero attached hydrogens (tertiary/aromatic N) is 2. The molecule has 50 heavy (non-hydrogen) atoms. The van der Waals surface area contributed by atoms with Crippen LogP contribution in [0.4, 0.5) is 17.1 Å². The molecular weight excluding hydrogens is 625 g/mol. The van der Waals surface area contributed by atoms with Gasteiger partial charge in [0.1, 0.15) is 0 Å². The number of fused-ring (bicyclic) bond motifs is 6. The van der Waals surface area contributed by atoms with E-state index < -0.39 is 0 Å². The molecule has 234 valence electrons. The molecule has 0 unspecified atom stereocenters. The molecule has 0 N–H and O–H groups in total. The lowest BCUT2D eigenvalue weighted by Gasteiger charge is -2.27. The molecule has 2 nitrogen and oxygen atoms in total. The van der Waals surface area contributed by atoms with Gasteiger partial charge in [-0.3, -0.25) is 0 Å². The zero-order chi connectivity index (χ0) is 33.0. The van der Waals surface area contributed by atoms with Gasteiger partial charge in [-0.05, 0) is 87.8 Å². The van der Waals surface area contributed by atoms with E-state index in [-0.39, 0.29) is 0 Å². The van der Waals surface area contributed by atoms with Crippen LogP contribution >= 0.6 is 11.3 Å². The zero-order valence-electron chi connectivity index (χ0n) is 27.1. The summed E-state index contributed by atoms with van der Waals surface area (Å²) in [6.07, 6.45) is 0. The number of aromatic nitrogens is 1. The third kappa shape index (κ3) is 4.82. The lowest BCUT2D eigenvalue weighted by atomic mass is 9.95. The van der Waals surface area contributed by atoms with Crippen molar-refractivity contribution in [2.24, 2.45) is 0 Å². The number of anilines is 3. The van der Waals surface area contributed by atoms with E-state index in [1.54, 1.807) is 0 Å². The number of rotatable bonds is 5. The van der Waals surface area contributed by atoms with E-state index in [2.05, 4.69) is 187 Å². The SMILES string of the molecule is c1ccc2cc(-c3cc4ccccc4nc3-c3ccc(N(c4ccc5ccccc5c4)c4cccc5sc6ccccc6c45)cc3)ccc2c1. The van der Waals surface area contributed by atoms with Crippen molar-refractivity contribution in [2.75, 3.05) is 4.90 Å².